The summed E-state index contributed by atoms with van der Waals surface area (Å²) in [5.41, 5.74) is 0. The maximum Gasteiger partial charge on any atom is 0.407 e. The fourth-order valence-electron chi connectivity index (χ4n) is 15.2. The van der Waals surface area contributed by atoms with Gasteiger partial charge in [-0.1, -0.05) is 293 Å². The molecule has 20 nitrogen and oxygen atoms in total. The summed E-state index contributed by atoms with van der Waals surface area (Å²) in [6.07, 6.45) is 93.5. The Kier molecular flexibility index (Phi) is 88.0. The molecule has 0 saturated carbocycles. The number of esters is 6. The van der Waals surface area contributed by atoms with Crippen molar-refractivity contribution in [2.24, 2.45) is 0 Å². The predicted octanol–water partition coefficient (Wildman–Crippen LogP) is 27.9. The van der Waals surface area contributed by atoms with Gasteiger partial charge in [-0.15, -0.1) is 0 Å². The first kappa shape index (κ1) is 120. The van der Waals surface area contributed by atoms with Crippen LogP contribution in [0, 0.1) is 0 Å². The first-order valence-corrected chi connectivity index (χ1v) is 52.8. The molecule has 2 aliphatic heterocycles. The molecule has 0 bridgehead atoms. The topological polar surface area (TPSA) is 241 Å². The molecular weight excluding hydrogens is 1620 g/mol. The zero-order valence-corrected chi connectivity index (χ0v) is 83.0. The zero-order valence-electron chi connectivity index (χ0n) is 83.0. The monoisotopic (exact) mass is 1810 g/mol. The van der Waals surface area contributed by atoms with Gasteiger partial charge in [0, 0.05) is 64.7 Å². The second-order valence-electron chi connectivity index (χ2n) is 35.6. The van der Waals surface area contributed by atoms with Crippen molar-refractivity contribution in [3.63, 3.8) is 0 Å². The highest BCUT2D eigenvalue weighted by Crippen LogP contribution is 2.21. The number of unbranched alkanes of at least 4 members (excludes halogenated alkanes) is 35. The van der Waals surface area contributed by atoms with Crippen molar-refractivity contribution >= 4 is 48.0 Å². The van der Waals surface area contributed by atoms with Gasteiger partial charge in [-0.25, -0.2) is 9.59 Å². The van der Waals surface area contributed by atoms with Crippen LogP contribution in [-0.4, -0.2) is 161 Å². The van der Waals surface area contributed by atoms with Crippen LogP contribution in [0.4, 0.5) is 9.59 Å². The van der Waals surface area contributed by atoms with Crippen LogP contribution < -0.4 is 10.6 Å². The Morgan fingerprint density at radius 2 is 0.473 bits per heavy atom. The number of carbonyl (C=O) groups is 8. The molecule has 0 aromatic heterocycles. The minimum absolute atomic E-state index is 0.0196. The van der Waals surface area contributed by atoms with E-state index in [2.05, 4.69) is 159 Å². The molecule has 0 aliphatic carbocycles. The van der Waals surface area contributed by atoms with Crippen LogP contribution in [0.15, 0.2) is 97.2 Å². The molecule has 2 N–H and O–H groups in total. The first-order valence-electron chi connectivity index (χ1n) is 52.8. The molecule has 0 aromatic carbocycles. The van der Waals surface area contributed by atoms with Crippen molar-refractivity contribution in [3.05, 3.63) is 97.2 Å². The van der Waals surface area contributed by atoms with E-state index >= 15 is 0 Å². The lowest BCUT2D eigenvalue weighted by molar-refractivity contribution is -0.167. The smallest absolute Gasteiger partial charge is 0.407 e. The van der Waals surface area contributed by atoms with Crippen molar-refractivity contribution in [1.29, 1.82) is 0 Å². The summed E-state index contributed by atoms with van der Waals surface area (Å²) in [5, 5.41) is 5.72. The second-order valence-corrected chi connectivity index (χ2v) is 35.6. The lowest BCUT2D eigenvalue weighted by Gasteiger charge is -2.21. The van der Waals surface area contributed by atoms with E-state index in [9.17, 15) is 38.4 Å². The molecule has 20 heteroatoms. The highest BCUT2D eigenvalue weighted by molar-refractivity contribution is 5.73. The molecule has 2 aliphatic rings. The van der Waals surface area contributed by atoms with E-state index in [1.165, 1.54) is 128 Å². The molecule has 0 radical (unpaired) electrons. The summed E-state index contributed by atoms with van der Waals surface area (Å²) in [4.78, 5) is 107. The summed E-state index contributed by atoms with van der Waals surface area (Å²) in [7, 11) is 0. The van der Waals surface area contributed by atoms with Gasteiger partial charge in [-0.3, -0.25) is 28.8 Å². The van der Waals surface area contributed by atoms with Gasteiger partial charge in [0.1, 0.15) is 38.6 Å². The Bertz CT molecular complexity index is 2790. The number of nitrogens with one attached hydrogen (secondary N) is 2. The van der Waals surface area contributed by atoms with Crippen LogP contribution in [0.1, 0.15) is 446 Å². The SMILES string of the molecule is CCCCC/C=C\C/C=C\CCCCCCCC(=O)OCC(COC(=O)CCCCCCC/C=C\C/C=C\CCCCC)OC(=O)CCC(CCCC)OC(=O)NCCN1CCCC1.CCCCC/C=C\C/C=C\CCCCCCCC(=O)OCC(COC(=O)CCCCCCC/C=C\C/C=C\CCCCC)OC(=O)CCC(CCCCC)OC(=O)NCCN1CCCC1. The Balaban J connectivity index is 0.00000129. The molecule has 129 heavy (non-hydrogen) atoms. The zero-order chi connectivity index (χ0) is 93.5. The van der Waals surface area contributed by atoms with Crippen LogP contribution >= 0.6 is 0 Å². The molecule has 2 saturated heterocycles. The number of ether oxygens (including phenoxy) is 8. The van der Waals surface area contributed by atoms with Crippen LogP contribution in [-0.2, 0) is 66.7 Å². The molecule has 2 amide bonds. The summed E-state index contributed by atoms with van der Waals surface area (Å²) < 4.78 is 45.1. The normalized spacial score (nSPS) is 13.8. The molecular formula is C109H190N4O16. The van der Waals surface area contributed by atoms with Crippen molar-refractivity contribution in [3.8, 4) is 0 Å². The van der Waals surface area contributed by atoms with Crippen LogP contribution in [0.2, 0.25) is 0 Å². The minimum Gasteiger partial charge on any atom is -0.462 e. The summed E-state index contributed by atoms with van der Waals surface area (Å²) in [6, 6.07) is 0. The van der Waals surface area contributed by atoms with Crippen LogP contribution in [0.3, 0.4) is 0 Å². The number of allylic oxidation sites excluding steroid dienone is 16. The molecule has 2 rings (SSSR count). The Hall–Kier alpha value is -6.80. The number of rotatable bonds is 87. The number of hydrogen-bond acceptors (Lipinski definition) is 18. The Morgan fingerprint density at radius 1 is 0.240 bits per heavy atom. The number of alkyl carbamates (subject to hydrolysis) is 2. The molecule has 2 heterocycles. The fourth-order valence-corrected chi connectivity index (χ4v) is 15.2. The number of likely N-dealkylation sites (tertiary alicyclic amines) is 2. The van der Waals surface area contributed by atoms with Crippen molar-refractivity contribution in [1.82, 2.24) is 20.4 Å². The fraction of sp³-hybridized carbons (Fsp3) is 0.780. The number of amides is 2. The van der Waals surface area contributed by atoms with E-state index in [4.69, 9.17) is 37.9 Å². The molecule has 2 unspecified atom stereocenters. The van der Waals surface area contributed by atoms with E-state index in [1.54, 1.807) is 0 Å². The van der Waals surface area contributed by atoms with Crippen molar-refractivity contribution < 1.29 is 76.3 Å². The summed E-state index contributed by atoms with van der Waals surface area (Å²) >= 11 is 0. The molecule has 0 spiro atoms. The van der Waals surface area contributed by atoms with Gasteiger partial charge in [0.2, 0.25) is 0 Å². The van der Waals surface area contributed by atoms with Crippen LogP contribution in [0.25, 0.3) is 0 Å². The van der Waals surface area contributed by atoms with Gasteiger partial charge >= 0.3 is 48.0 Å². The van der Waals surface area contributed by atoms with E-state index < -0.39 is 48.5 Å². The quantitative estimate of drug-likeness (QED) is 0.0249. The van der Waals surface area contributed by atoms with Crippen molar-refractivity contribution in [2.75, 3.05) is 78.8 Å². The van der Waals surface area contributed by atoms with Gasteiger partial charge in [0.05, 0.1) is 0 Å². The molecule has 2 fully saturated rings. The third-order valence-electron chi connectivity index (χ3n) is 23.3. The Labute approximate surface area is 786 Å². The van der Waals surface area contributed by atoms with Gasteiger partial charge in [-0.2, -0.15) is 0 Å². The largest absolute Gasteiger partial charge is 0.462 e. The summed E-state index contributed by atoms with van der Waals surface area (Å²) in [6.45, 7) is 19.2. The number of carbonyl (C=O) groups excluding carboxylic acids is 8. The average Bonchev–Trinajstić information content (AvgIpc) is 1.21. The molecule has 742 valence electrons. The molecule has 2 atom stereocenters. The Morgan fingerprint density at radius 3 is 0.736 bits per heavy atom. The van der Waals surface area contributed by atoms with Crippen LogP contribution in [0.5, 0.6) is 0 Å². The third kappa shape index (κ3) is 85.2. The highest BCUT2D eigenvalue weighted by Gasteiger charge is 2.26. The second kappa shape index (κ2) is 94.4. The maximum atomic E-state index is 13.2. The van der Waals surface area contributed by atoms with Crippen molar-refractivity contribution in [2.45, 2.75) is 470 Å². The van der Waals surface area contributed by atoms with E-state index in [0.29, 0.717) is 38.8 Å². The lowest BCUT2D eigenvalue weighted by atomic mass is 10.1. The predicted molar refractivity (Wildman–Crippen MR) is 531 cm³/mol. The van der Waals surface area contributed by atoms with E-state index in [0.717, 1.165) is 251 Å². The van der Waals surface area contributed by atoms with E-state index in [-0.39, 0.29) is 88.8 Å². The maximum absolute atomic E-state index is 13.2. The van der Waals surface area contributed by atoms with Gasteiger partial charge < -0.3 is 58.3 Å². The standard InChI is InChI=1S/C55H96N2O8.C54H94N2O8/c1-4-7-10-12-14-16-18-20-22-24-26-28-30-32-35-40-52(58)62-48-51(49-63-53(59)41-36-33-31-29-27-25-23-21-19-17-15-13-11-8-5-2)64-54(60)43-42-50(39-34-9-6-3)65-55(61)56-44-47-57-45-37-38-46-57;1-4-7-10-12-14-16-18-20-22-24-26-28-30-32-34-39-51(57)61-47-50(48-62-52(58)40-35-33-31-29-27-25-23-21-19-17-15-13-11-8-5-2)63-53(59)42-41-49(38-9-6-3)64-54(60)55-43-46-56-44-36-37-45-56/h14-17,20-23,50-51H,4-13,18-19,24-49H2,1-3H3,(H,56,61);14-17,20-23,49-50H,4-13,18-19,24-48H2,1-3H3,(H,55,60)/b2*16-14-,17-15-,22-20-,23-21-. The lowest BCUT2D eigenvalue weighted by Crippen LogP contribution is -2.36. The minimum atomic E-state index is -0.919. The number of hydrogen-bond donors (Lipinski definition) is 2. The highest BCUT2D eigenvalue weighted by atomic mass is 16.6. The third-order valence-corrected chi connectivity index (χ3v) is 23.3. The molecule has 0 aromatic rings. The van der Waals surface area contributed by atoms with Gasteiger partial charge in [-0.05, 0) is 238 Å². The van der Waals surface area contributed by atoms with E-state index in [1.807, 2.05) is 0 Å². The summed E-state index contributed by atoms with van der Waals surface area (Å²) in [5.74, 6) is -2.44. The van der Waals surface area contributed by atoms with Gasteiger partial charge in [0.25, 0.3) is 0 Å². The van der Waals surface area contributed by atoms with Gasteiger partial charge in [0.15, 0.2) is 12.2 Å². The average molecular weight is 1810 g/mol. The number of nitrogens with zero attached hydrogens (tertiary/aromatic N) is 2. The first-order chi connectivity index (χ1) is 63.2.